The number of halogens is 1. The highest BCUT2D eigenvalue weighted by Crippen LogP contribution is 2.30. The number of thioether (sulfide) groups is 1. The van der Waals surface area contributed by atoms with E-state index in [9.17, 15) is 0 Å². The number of benzene rings is 1. The third-order valence-electron chi connectivity index (χ3n) is 3.45. The summed E-state index contributed by atoms with van der Waals surface area (Å²) >= 11 is 8.21. The third kappa shape index (κ3) is 3.82. The molecular weight excluding hydrogens is 302 g/mol. The molecular formula is C16H22ClN3S. The van der Waals surface area contributed by atoms with Crippen molar-refractivity contribution < 1.29 is 0 Å². The van der Waals surface area contributed by atoms with Crippen LogP contribution in [-0.4, -0.2) is 9.78 Å². The molecule has 1 unspecified atom stereocenters. The van der Waals surface area contributed by atoms with Crippen LogP contribution in [0.2, 0.25) is 5.02 Å². The highest BCUT2D eigenvalue weighted by Gasteiger charge is 2.14. The van der Waals surface area contributed by atoms with E-state index < -0.39 is 0 Å². The van der Waals surface area contributed by atoms with Crippen molar-refractivity contribution in [3.8, 4) is 0 Å². The number of rotatable bonds is 6. The average Bonchev–Trinajstić information content (AvgIpc) is 2.81. The van der Waals surface area contributed by atoms with Crippen LogP contribution in [0.5, 0.6) is 0 Å². The summed E-state index contributed by atoms with van der Waals surface area (Å²) in [4.78, 5) is 1.21. The Morgan fingerprint density at radius 1 is 1.38 bits per heavy atom. The van der Waals surface area contributed by atoms with Crippen LogP contribution >= 0.6 is 23.4 Å². The van der Waals surface area contributed by atoms with E-state index in [0.29, 0.717) is 0 Å². The first-order valence-corrected chi connectivity index (χ1v) is 8.65. The van der Waals surface area contributed by atoms with Gasteiger partial charge in [-0.05, 0) is 38.0 Å². The minimum atomic E-state index is 0.0574. The van der Waals surface area contributed by atoms with Crippen LogP contribution in [0.15, 0.2) is 29.2 Å². The number of nitrogens with zero attached hydrogens (tertiary/aromatic N) is 2. The topological polar surface area (TPSA) is 43.8 Å². The minimum absolute atomic E-state index is 0.0574. The Morgan fingerprint density at radius 3 is 2.76 bits per heavy atom. The summed E-state index contributed by atoms with van der Waals surface area (Å²) in [5.41, 5.74) is 9.18. The Balaban J connectivity index is 2.16. The molecule has 5 heteroatoms. The zero-order valence-corrected chi connectivity index (χ0v) is 14.3. The lowest BCUT2D eigenvalue weighted by Crippen LogP contribution is -2.04. The molecule has 114 valence electrons. The molecule has 1 aromatic heterocycles. The van der Waals surface area contributed by atoms with E-state index in [-0.39, 0.29) is 6.04 Å². The Labute approximate surface area is 135 Å². The molecule has 0 saturated heterocycles. The van der Waals surface area contributed by atoms with Crippen LogP contribution in [0, 0.1) is 0 Å². The van der Waals surface area contributed by atoms with E-state index in [1.807, 2.05) is 11.6 Å². The zero-order chi connectivity index (χ0) is 15.4. The second-order valence-corrected chi connectivity index (χ2v) is 6.45. The van der Waals surface area contributed by atoms with Crippen LogP contribution in [0.25, 0.3) is 0 Å². The fourth-order valence-corrected chi connectivity index (χ4v) is 3.60. The fraction of sp³-hybridized carbons (Fsp3) is 0.438. The van der Waals surface area contributed by atoms with Crippen LogP contribution in [0.3, 0.4) is 0 Å². The largest absolute Gasteiger partial charge is 0.324 e. The van der Waals surface area contributed by atoms with Crippen LogP contribution in [0.4, 0.5) is 0 Å². The molecule has 2 N–H and O–H groups in total. The third-order valence-corrected chi connectivity index (χ3v) is 4.89. The van der Waals surface area contributed by atoms with Gasteiger partial charge in [-0.3, -0.25) is 4.68 Å². The summed E-state index contributed by atoms with van der Waals surface area (Å²) in [6.45, 7) is 7.01. The van der Waals surface area contributed by atoms with Crippen molar-refractivity contribution in [3.63, 3.8) is 0 Å². The lowest BCUT2D eigenvalue weighted by atomic mass is 10.1. The summed E-state index contributed by atoms with van der Waals surface area (Å²) in [5, 5.41) is 5.37. The van der Waals surface area contributed by atoms with Crippen molar-refractivity contribution >= 4 is 23.4 Å². The molecule has 0 amide bonds. The molecule has 0 aliphatic heterocycles. The van der Waals surface area contributed by atoms with Gasteiger partial charge >= 0.3 is 0 Å². The van der Waals surface area contributed by atoms with Gasteiger partial charge in [0, 0.05) is 23.2 Å². The monoisotopic (exact) mass is 323 g/mol. The first-order chi connectivity index (χ1) is 10.1. The molecule has 0 radical (unpaired) electrons. The Bertz CT molecular complexity index is 608. The lowest BCUT2D eigenvalue weighted by molar-refractivity contribution is 0.628. The van der Waals surface area contributed by atoms with E-state index >= 15 is 0 Å². The molecule has 3 nitrogen and oxygen atoms in total. The second-order valence-electron chi connectivity index (χ2n) is 5.03. The average molecular weight is 324 g/mol. The number of hydrogen-bond donors (Lipinski definition) is 1. The fourth-order valence-electron chi connectivity index (χ4n) is 2.19. The smallest absolute Gasteiger partial charge is 0.0858 e. The predicted octanol–water partition coefficient (Wildman–Crippen LogP) is 4.43. The quantitative estimate of drug-likeness (QED) is 0.800. The van der Waals surface area contributed by atoms with Gasteiger partial charge in [-0.1, -0.05) is 30.7 Å². The van der Waals surface area contributed by atoms with E-state index in [4.69, 9.17) is 17.3 Å². The minimum Gasteiger partial charge on any atom is -0.324 e. The molecule has 0 aliphatic rings. The van der Waals surface area contributed by atoms with Gasteiger partial charge in [0.05, 0.1) is 16.4 Å². The summed E-state index contributed by atoms with van der Waals surface area (Å²) in [5.74, 6) is 0.822. The molecule has 0 fully saturated rings. The molecule has 2 aromatic rings. The standard InChI is InChI=1S/C16H22ClN3S/c1-4-14-16(17)15(20(5-2)19-14)10-21-13-8-6-7-12(9-13)11(3)18/h6-9,11H,4-5,10,18H2,1-3H3. The number of nitrogens with two attached hydrogens (primary N) is 1. The molecule has 0 bridgehead atoms. The second kappa shape index (κ2) is 7.34. The van der Waals surface area contributed by atoms with Crippen molar-refractivity contribution in [1.29, 1.82) is 0 Å². The Hall–Kier alpha value is -0.970. The number of hydrogen-bond acceptors (Lipinski definition) is 3. The summed E-state index contributed by atoms with van der Waals surface area (Å²) in [7, 11) is 0. The maximum atomic E-state index is 6.44. The SMILES string of the molecule is CCc1nn(CC)c(CSc2cccc(C(C)N)c2)c1Cl. The Kier molecular flexibility index (Phi) is 5.73. The molecule has 2 rings (SSSR count). The molecule has 1 atom stereocenters. The molecule has 0 spiro atoms. The van der Waals surface area contributed by atoms with E-state index in [1.165, 1.54) is 4.90 Å². The first kappa shape index (κ1) is 16.4. The first-order valence-electron chi connectivity index (χ1n) is 7.29. The van der Waals surface area contributed by atoms with Gasteiger partial charge in [-0.25, -0.2) is 0 Å². The molecule has 1 aromatic carbocycles. The Morgan fingerprint density at radius 2 is 2.14 bits per heavy atom. The summed E-state index contributed by atoms with van der Waals surface area (Å²) < 4.78 is 2.00. The molecule has 0 saturated carbocycles. The lowest BCUT2D eigenvalue weighted by Gasteiger charge is -2.09. The van der Waals surface area contributed by atoms with Crippen molar-refractivity contribution in [2.24, 2.45) is 5.73 Å². The highest BCUT2D eigenvalue weighted by molar-refractivity contribution is 7.98. The van der Waals surface area contributed by atoms with Gasteiger partial charge in [-0.2, -0.15) is 5.10 Å². The predicted molar refractivity (Wildman–Crippen MR) is 90.9 cm³/mol. The van der Waals surface area contributed by atoms with Gasteiger partial charge in [-0.15, -0.1) is 11.8 Å². The maximum absolute atomic E-state index is 6.44. The van der Waals surface area contributed by atoms with Crippen LogP contribution in [0.1, 0.15) is 43.8 Å². The zero-order valence-electron chi connectivity index (χ0n) is 12.8. The maximum Gasteiger partial charge on any atom is 0.0858 e. The van der Waals surface area contributed by atoms with E-state index in [1.54, 1.807) is 11.8 Å². The van der Waals surface area contributed by atoms with E-state index in [2.05, 4.69) is 43.2 Å². The number of aryl methyl sites for hydroxylation is 2. The van der Waals surface area contributed by atoms with Crippen molar-refractivity contribution in [2.75, 3.05) is 0 Å². The van der Waals surface area contributed by atoms with Crippen LogP contribution in [-0.2, 0) is 18.7 Å². The van der Waals surface area contributed by atoms with Crippen LogP contribution < -0.4 is 5.73 Å². The molecule has 0 aliphatic carbocycles. The van der Waals surface area contributed by atoms with E-state index in [0.717, 1.165) is 40.7 Å². The molecule has 1 heterocycles. The summed E-state index contributed by atoms with van der Waals surface area (Å²) in [6.07, 6.45) is 0.865. The van der Waals surface area contributed by atoms with Gasteiger partial charge in [0.2, 0.25) is 0 Å². The molecule has 21 heavy (non-hydrogen) atoms. The summed E-state index contributed by atoms with van der Waals surface area (Å²) in [6, 6.07) is 8.43. The van der Waals surface area contributed by atoms with Crippen molar-refractivity contribution in [3.05, 3.63) is 46.2 Å². The van der Waals surface area contributed by atoms with Gasteiger partial charge in [0.15, 0.2) is 0 Å². The van der Waals surface area contributed by atoms with Crippen molar-refractivity contribution in [1.82, 2.24) is 9.78 Å². The van der Waals surface area contributed by atoms with Gasteiger partial charge in [0.1, 0.15) is 0 Å². The van der Waals surface area contributed by atoms with Gasteiger partial charge in [0.25, 0.3) is 0 Å². The normalized spacial score (nSPS) is 12.6. The number of aromatic nitrogens is 2. The van der Waals surface area contributed by atoms with Crippen molar-refractivity contribution in [2.45, 2.75) is 50.4 Å². The highest BCUT2D eigenvalue weighted by atomic mass is 35.5. The van der Waals surface area contributed by atoms with Gasteiger partial charge < -0.3 is 5.73 Å².